The highest BCUT2D eigenvalue weighted by molar-refractivity contribution is 5.78. The van der Waals surface area contributed by atoms with Crippen LogP contribution in [0.3, 0.4) is 0 Å². The predicted molar refractivity (Wildman–Crippen MR) is 80.5 cm³/mol. The summed E-state index contributed by atoms with van der Waals surface area (Å²) in [7, 11) is 1.97. The van der Waals surface area contributed by atoms with Crippen molar-refractivity contribution in [1.82, 2.24) is 14.8 Å². The van der Waals surface area contributed by atoms with Gasteiger partial charge < -0.3 is 10.2 Å². The second-order valence-corrected chi connectivity index (χ2v) is 5.30. The molecule has 0 aromatic carbocycles. The van der Waals surface area contributed by atoms with E-state index in [1.54, 1.807) is 0 Å². The lowest BCUT2D eigenvalue weighted by atomic mass is 10.3. The standard InChI is InChI=1S/C15H24N4O/c1-3-16-14-8-6-7-13(17-14)11-18(2)12-15(20)19-9-4-5-10-19/h6-8H,3-5,9-12H2,1-2H3,(H,16,17). The van der Waals surface area contributed by atoms with Gasteiger partial charge in [0.05, 0.1) is 12.2 Å². The zero-order valence-corrected chi connectivity index (χ0v) is 12.4. The van der Waals surface area contributed by atoms with Gasteiger partial charge in [0.2, 0.25) is 5.91 Å². The Bertz CT molecular complexity index is 443. The highest BCUT2D eigenvalue weighted by Crippen LogP contribution is 2.09. The molecule has 1 aliphatic heterocycles. The van der Waals surface area contributed by atoms with Crippen molar-refractivity contribution < 1.29 is 4.79 Å². The zero-order valence-electron chi connectivity index (χ0n) is 12.4. The van der Waals surface area contributed by atoms with Crippen LogP contribution in [0.25, 0.3) is 0 Å². The van der Waals surface area contributed by atoms with Crippen molar-refractivity contribution in [2.75, 3.05) is 38.5 Å². The van der Waals surface area contributed by atoms with E-state index in [2.05, 4.69) is 17.2 Å². The summed E-state index contributed by atoms with van der Waals surface area (Å²) in [6.45, 7) is 5.91. The fourth-order valence-corrected chi connectivity index (χ4v) is 2.48. The number of pyridine rings is 1. The van der Waals surface area contributed by atoms with E-state index in [9.17, 15) is 4.79 Å². The fraction of sp³-hybridized carbons (Fsp3) is 0.600. The summed E-state index contributed by atoms with van der Waals surface area (Å²) in [5.41, 5.74) is 0.986. The molecule has 2 heterocycles. The van der Waals surface area contributed by atoms with E-state index >= 15 is 0 Å². The Kier molecular flexibility index (Phi) is 5.35. The van der Waals surface area contributed by atoms with Gasteiger partial charge in [-0.2, -0.15) is 0 Å². The lowest BCUT2D eigenvalue weighted by molar-refractivity contribution is -0.131. The number of anilines is 1. The number of carbonyl (C=O) groups is 1. The molecule has 5 heteroatoms. The van der Waals surface area contributed by atoms with Gasteiger partial charge in [0.25, 0.3) is 0 Å². The lowest BCUT2D eigenvalue weighted by Gasteiger charge is -2.21. The van der Waals surface area contributed by atoms with Gasteiger partial charge in [0.15, 0.2) is 0 Å². The Morgan fingerprint density at radius 1 is 1.40 bits per heavy atom. The second-order valence-electron chi connectivity index (χ2n) is 5.30. The lowest BCUT2D eigenvalue weighted by Crippen LogP contribution is -2.37. The minimum absolute atomic E-state index is 0.229. The van der Waals surface area contributed by atoms with Gasteiger partial charge in [-0.25, -0.2) is 4.98 Å². The minimum Gasteiger partial charge on any atom is -0.370 e. The first-order valence-corrected chi connectivity index (χ1v) is 7.35. The molecule has 1 amide bonds. The third-order valence-electron chi connectivity index (χ3n) is 3.46. The van der Waals surface area contributed by atoms with Crippen LogP contribution < -0.4 is 5.32 Å². The van der Waals surface area contributed by atoms with Crippen LogP contribution in [0.5, 0.6) is 0 Å². The summed E-state index contributed by atoms with van der Waals surface area (Å²) in [5, 5.41) is 3.20. The molecule has 20 heavy (non-hydrogen) atoms. The summed E-state index contributed by atoms with van der Waals surface area (Å²) in [6, 6.07) is 5.95. The Labute approximate surface area is 121 Å². The molecule has 0 atom stereocenters. The number of likely N-dealkylation sites (N-methyl/N-ethyl adjacent to an activating group) is 1. The molecule has 0 bridgehead atoms. The van der Waals surface area contributed by atoms with Crippen molar-refractivity contribution in [2.45, 2.75) is 26.3 Å². The minimum atomic E-state index is 0.229. The second kappa shape index (κ2) is 7.24. The molecule has 1 fully saturated rings. The van der Waals surface area contributed by atoms with Gasteiger partial charge in [-0.15, -0.1) is 0 Å². The highest BCUT2D eigenvalue weighted by Gasteiger charge is 2.19. The van der Waals surface area contributed by atoms with E-state index in [-0.39, 0.29) is 5.91 Å². The van der Waals surface area contributed by atoms with Crippen LogP contribution in [0.2, 0.25) is 0 Å². The summed E-state index contributed by atoms with van der Waals surface area (Å²) in [4.78, 5) is 20.6. The molecule has 0 unspecified atom stereocenters. The smallest absolute Gasteiger partial charge is 0.236 e. The predicted octanol–water partition coefficient (Wildman–Crippen LogP) is 1.57. The first-order valence-electron chi connectivity index (χ1n) is 7.35. The van der Waals surface area contributed by atoms with Crippen molar-refractivity contribution in [3.05, 3.63) is 23.9 Å². The molecule has 0 radical (unpaired) electrons. The van der Waals surface area contributed by atoms with Gasteiger partial charge in [-0.3, -0.25) is 9.69 Å². The monoisotopic (exact) mass is 276 g/mol. The van der Waals surface area contributed by atoms with Gasteiger partial charge in [0, 0.05) is 26.2 Å². The molecular formula is C15H24N4O. The average molecular weight is 276 g/mol. The van der Waals surface area contributed by atoms with Crippen molar-refractivity contribution >= 4 is 11.7 Å². The van der Waals surface area contributed by atoms with E-state index in [0.717, 1.165) is 44.0 Å². The molecule has 1 N–H and O–H groups in total. The summed E-state index contributed by atoms with van der Waals surface area (Å²) < 4.78 is 0. The number of likely N-dealkylation sites (tertiary alicyclic amines) is 1. The van der Waals surface area contributed by atoms with E-state index < -0.39 is 0 Å². The van der Waals surface area contributed by atoms with Crippen LogP contribution in [-0.2, 0) is 11.3 Å². The number of rotatable bonds is 6. The molecule has 1 aromatic heterocycles. The summed E-state index contributed by atoms with van der Waals surface area (Å²) in [6.07, 6.45) is 2.28. The van der Waals surface area contributed by atoms with Crippen LogP contribution in [0.1, 0.15) is 25.5 Å². The van der Waals surface area contributed by atoms with E-state index in [0.29, 0.717) is 13.1 Å². The maximum Gasteiger partial charge on any atom is 0.236 e. The van der Waals surface area contributed by atoms with Crippen LogP contribution >= 0.6 is 0 Å². The first kappa shape index (κ1) is 14.8. The molecular weight excluding hydrogens is 252 g/mol. The summed E-state index contributed by atoms with van der Waals surface area (Å²) in [5.74, 6) is 1.12. The number of hydrogen-bond donors (Lipinski definition) is 1. The number of hydrogen-bond acceptors (Lipinski definition) is 4. The normalized spacial score (nSPS) is 14.8. The van der Waals surface area contributed by atoms with Crippen LogP contribution in [0.4, 0.5) is 5.82 Å². The largest absolute Gasteiger partial charge is 0.370 e. The van der Waals surface area contributed by atoms with Crippen molar-refractivity contribution in [2.24, 2.45) is 0 Å². The molecule has 5 nitrogen and oxygen atoms in total. The van der Waals surface area contributed by atoms with Crippen LogP contribution in [-0.4, -0.2) is 53.9 Å². The molecule has 110 valence electrons. The SMILES string of the molecule is CCNc1cccc(CN(C)CC(=O)N2CCCC2)n1. The molecule has 0 saturated carbocycles. The average Bonchev–Trinajstić information content (AvgIpc) is 2.93. The maximum absolute atomic E-state index is 12.1. The Morgan fingerprint density at radius 3 is 2.85 bits per heavy atom. The number of nitrogens with zero attached hydrogens (tertiary/aromatic N) is 3. The Morgan fingerprint density at radius 2 is 2.15 bits per heavy atom. The van der Waals surface area contributed by atoms with E-state index in [1.807, 2.05) is 35.0 Å². The number of amides is 1. The third-order valence-corrected chi connectivity index (χ3v) is 3.46. The summed E-state index contributed by atoms with van der Waals surface area (Å²) >= 11 is 0. The highest BCUT2D eigenvalue weighted by atomic mass is 16.2. The first-order chi connectivity index (χ1) is 9.69. The van der Waals surface area contributed by atoms with E-state index in [1.165, 1.54) is 0 Å². The van der Waals surface area contributed by atoms with Gasteiger partial charge in [-0.05, 0) is 38.9 Å². The maximum atomic E-state index is 12.1. The number of aromatic nitrogens is 1. The van der Waals surface area contributed by atoms with Gasteiger partial charge in [0.1, 0.15) is 5.82 Å². The molecule has 0 spiro atoms. The van der Waals surface area contributed by atoms with Crippen molar-refractivity contribution in [3.8, 4) is 0 Å². The Hall–Kier alpha value is -1.62. The zero-order chi connectivity index (χ0) is 14.4. The number of carbonyl (C=O) groups excluding carboxylic acids is 1. The van der Waals surface area contributed by atoms with Crippen LogP contribution in [0, 0.1) is 0 Å². The molecule has 1 aromatic rings. The number of nitrogens with one attached hydrogen (secondary N) is 1. The molecule has 0 aliphatic carbocycles. The topological polar surface area (TPSA) is 48.5 Å². The quantitative estimate of drug-likeness (QED) is 0.857. The fourth-order valence-electron chi connectivity index (χ4n) is 2.48. The molecule has 2 rings (SSSR count). The Balaban J connectivity index is 1.85. The van der Waals surface area contributed by atoms with Crippen LogP contribution in [0.15, 0.2) is 18.2 Å². The van der Waals surface area contributed by atoms with Crippen molar-refractivity contribution in [3.63, 3.8) is 0 Å². The molecule has 1 aliphatic rings. The molecule has 1 saturated heterocycles. The third kappa shape index (κ3) is 4.20. The van der Waals surface area contributed by atoms with Crippen molar-refractivity contribution in [1.29, 1.82) is 0 Å². The van der Waals surface area contributed by atoms with Gasteiger partial charge >= 0.3 is 0 Å². The van der Waals surface area contributed by atoms with E-state index in [4.69, 9.17) is 0 Å². The van der Waals surface area contributed by atoms with Gasteiger partial charge in [-0.1, -0.05) is 6.07 Å².